The molecule has 0 heterocycles. The highest BCUT2D eigenvalue weighted by molar-refractivity contribution is 6.34. The van der Waals surface area contributed by atoms with E-state index in [1.165, 1.54) is 0 Å². The van der Waals surface area contributed by atoms with Crippen molar-refractivity contribution in [1.82, 2.24) is 5.32 Å². The monoisotopic (exact) mass is 319 g/mol. The Morgan fingerprint density at radius 1 is 1.30 bits per heavy atom. The number of hydrogen-bond acceptors (Lipinski definition) is 3. The second-order valence-corrected chi connectivity index (χ2v) is 5.17. The summed E-state index contributed by atoms with van der Waals surface area (Å²) in [5, 5.41) is 12.0. The summed E-state index contributed by atoms with van der Waals surface area (Å²) in [7, 11) is 0. The molecule has 0 radical (unpaired) electrons. The number of amides is 1. The summed E-state index contributed by atoms with van der Waals surface area (Å²) in [4.78, 5) is 22.0. The van der Waals surface area contributed by atoms with Crippen LogP contribution in [0.15, 0.2) is 18.2 Å². The SMILES string of the molecule is CC(CCC(=O)O)NC(=O)COc1cc(Cl)cc(Cl)c1. The second-order valence-electron chi connectivity index (χ2n) is 4.29. The molecule has 0 aromatic heterocycles. The number of hydrogen-bond donors (Lipinski definition) is 2. The van der Waals surface area contributed by atoms with E-state index in [0.717, 1.165) is 0 Å². The molecule has 0 aliphatic carbocycles. The van der Waals surface area contributed by atoms with Crippen molar-refractivity contribution in [3.05, 3.63) is 28.2 Å². The lowest BCUT2D eigenvalue weighted by Gasteiger charge is -2.13. The molecule has 5 nitrogen and oxygen atoms in total. The van der Waals surface area contributed by atoms with Gasteiger partial charge in [0.15, 0.2) is 6.61 Å². The van der Waals surface area contributed by atoms with Crippen LogP contribution in [0.2, 0.25) is 10.0 Å². The Bertz CT molecular complexity index is 473. The number of benzene rings is 1. The molecule has 0 aliphatic heterocycles. The number of carbonyl (C=O) groups excluding carboxylic acids is 1. The molecule has 1 aromatic rings. The zero-order valence-corrected chi connectivity index (χ0v) is 12.4. The van der Waals surface area contributed by atoms with E-state index in [1.807, 2.05) is 0 Å². The number of carboxylic acids is 1. The number of aliphatic carboxylic acids is 1. The first-order chi connectivity index (χ1) is 9.36. The standard InChI is InChI=1S/C13H15Cl2NO4/c1-8(2-3-13(18)19)16-12(17)7-20-11-5-9(14)4-10(15)6-11/h4-6,8H,2-3,7H2,1H3,(H,16,17)(H,18,19). The minimum Gasteiger partial charge on any atom is -0.484 e. The molecule has 0 saturated heterocycles. The molecule has 2 N–H and O–H groups in total. The fourth-order valence-corrected chi connectivity index (χ4v) is 2.00. The third-order valence-electron chi connectivity index (χ3n) is 2.40. The van der Waals surface area contributed by atoms with Gasteiger partial charge in [-0.2, -0.15) is 0 Å². The van der Waals surface area contributed by atoms with Crippen molar-refractivity contribution >= 4 is 35.1 Å². The van der Waals surface area contributed by atoms with Gasteiger partial charge in [-0.15, -0.1) is 0 Å². The number of carboxylic acid groups (broad SMARTS) is 1. The van der Waals surface area contributed by atoms with Crippen LogP contribution in [0.5, 0.6) is 5.75 Å². The van der Waals surface area contributed by atoms with Crippen molar-refractivity contribution in [2.45, 2.75) is 25.8 Å². The third-order valence-corrected chi connectivity index (χ3v) is 2.84. The minimum absolute atomic E-state index is 0.00616. The van der Waals surface area contributed by atoms with E-state index in [-0.39, 0.29) is 25.0 Å². The van der Waals surface area contributed by atoms with E-state index in [1.54, 1.807) is 25.1 Å². The molecule has 0 bridgehead atoms. The highest BCUT2D eigenvalue weighted by Gasteiger charge is 2.10. The topological polar surface area (TPSA) is 75.6 Å². The smallest absolute Gasteiger partial charge is 0.303 e. The van der Waals surface area contributed by atoms with E-state index in [9.17, 15) is 9.59 Å². The average Bonchev–Trinajstić information content (AvgIpc) is 2.33. The van der Waals surface area contributed by atoms with Crippen molar-refractivity contribution in [1.29, 1.82) is 0 Å². The van der Waals surface area contributed by atoms with Crippen molar-refractivity contribution in [3.63, 3.8) is 0 Å². The zero-order chi connectivity index (χ0) is 15.1. The van der Waals surface area contributed by atoms with Crippen LogP contribution in [-0.2, 0) is 9.59 Å². The van der Waals surface area contributed by atoms with Crippen molar-refractivity contribution in [3.8, 4) is 5.75 Å². The van der Waals surface area contributed by atoms with Gasteiger partial charge >= 0.3 is 5.97 Å². The minimum atomic E-state index is -0.893. The van der Waals surface area contributed by atoms with E-state index in [2.05, 4.69) is 5.32 Å². The average molecular weight is 320 g/mol. The Hall–Kier alpha value is -1.46. The summed E-state index contributed by atoms with van der Waals surface area (Å²) in [6.45, 7) is 1.55. The molecule has 0 saturated carbocycles. The molecule has 20 heavy (non-hydrogen) atoms. The highest BCUT2D eigenvalue weighted by atomic mass is 35.5. The first-order valence-corrected chi connectivity index (χ1v) is 6.72. The number of nitrogens with one attached hydrogen (secondary N) is 1. The molecule has 0 fully saturated rings. The summed E-state index contributed by atoms with van der Waals surface area (Å²) in [6, 6.07) is 4.43. The van der Waals surface area contributed by atoms with E-state index < -0.39 is 5.97 Å². The molecule has 7 heteroatoms. The molecule has 1 rings (SSSR count). The van der Waals surface area contributed by atoms with Gasteiger partial charge in [0, 0.05) is 22.5 Å². The highest BCUT2D eigenvalue weighted by Crippen LogP contribution is 2.23. The quantitative estimate of drug-likeness (QED) is 0.810. The Balaban J connectivity index is 2.37. The summed E-state index contributed by atoms with van der Waals surface area (Å²) in [5.74, 6) is -0.828. The molecule has 110 valence electrons. The Kier molecular flexibility index (Phi) is 6.61. The zero-order valence-electron chi connectivity index (χ0n) is 10.9. The van der Waals surface area contributed by atoms with Gasteiger partial charge in [0.2, 0.25) is 0 Å². The van der Waals surface area contributed by atoms with E-state index in [0.29, 0.717) is 22.2 Å². The molecule has 0 spiro atoms. The van der Waals surface area contributed by atoms with Crippen LogP contribution in [0, 0.1) is 0 Å². The van der Waals surface area contributed by atoms with Crippen LogP contribution in [0.3, 0.4) is 0 Å². The Morgan fingerprint density at radius 3 is 2.45 bits per heavy atom. The number of rotatable bonds is 7. The molecule has 1 atom stereocenters. The molecule has 1 aromatic carbocycles. The maximum Gasteiger partial charge on any atom is 0.303 e. The summed E-state index contributed by atoms with van der Waals surface area (Å²) in [5.41, 5.74) is 0. The maximum absolute atomic E-state index is 11.6. The maximum atomic E-state index is 11.6. The molecule has 1 unspecified atom stereocenters. The molecule has 0 aliphatic rings. The normalized spacial score (nSPS) is 11.8. The predicted molar refractivity (Wildman–Crippen MR) is 76.4 cm³/mol. The predicted octanol–water partition coefficient (Wildman–Crippen LogP) is 2.74. The largest absolute Gasteiger partial charge is 0.484 e. The van der Waals surface area contributed by atoms with E-state index in [4.69, 9.17) is 33.0 Å². The van der Waals surface area contributed by atoms with Crippen molar-refractivity contribution in [2.75, 3.05) is 6.61 Å². The van der Waals surface area contributed by atoms with Gasteiger partial charge in [0.1, 0.15) is 5.75 Å². The third kappa shape index (κ3) is 6.63. The van der Waals surface area contributed by atoms with Crippen molar-refractivity contribution in [2.24, 2.45) is 0 Å². The van der Waals surface area contributed by atoms with Gasteiger partial charge in [-0.3, -0.25) is 9.59 Å². The summed E-state index contributed by atoms with van der Waals surface area (Å²) in [6.07, 6.45) is 0.371. The first-order valence-electron chi connectivity index (χ1n) is 5.97. The second kappa shape index (κ2) is 7.97. The van der Waals surface area contributed by atoms with Crippen LogP contribution in [-0.4, -0.2) is 29.6 Å². The van der Waals surface area contributed by atoms with Crippen LogP contribution >= 0.6 is 23.2 Å². The lowest BCUT2D eigenvalue weighted by Crippen LogP contribution is -2.36. The van der Waals surface area contributed by atoms with Crippen LogP contribution in [0.1, 0.15) is 19.8 Å². The lowest BCUT2D eigenvalue weighted by molar-refractivity contribution is -0.137. The first kappa shape index (κ1) is 16.6. The van der Waals surface area contributed by atoms with Gasteiger partial charge in [0.05, 0.1) is 0 Å². The van der Waals surface area contributed by atoms with Crippen LogP contribution in [0.25, 0.3) is 0 Å². The van der Waals surface area contributed by atoms with Crippen molar-refractivity contribution < 1.29 is 19.4 Å². The number of halogens is 2. The van der Waals surface area contributed by atoms with Gasteiger partial charge in [-0.25, -0.2) is 0 Å². The van der Waals surface area contributed by atoms with E-state index >= 15 is 0 Å². The fraction of sp³-hybridized carbons (Fsp3) is 0.385. The number of ether oxygens (including phenoxy) is 1. The van der Waals surface area contributed by atoms with Gasteiger partial charge in [-0.05, 0) is 31.5 Å². The Labute approximate surface area is 126 Å². The van der Waals surface area contributed by atoms with Gasteiger partial charge in [0.25, 0.3) is 5.91 Å². The van der Waals surface area contributed by atoms with Gasteiger partial charge in [-0.1, -0.05) is 23.2 Å². The van der Waals surface area contributed by atoms with Crippen LogP contribution in [0.4, 0.5) is 0 Å². The molecular weight excluding hydrogens is 305 g/mol. The molecular formula is C13H15Cl2NO4. The summed E-state index contributed by atoms with van der Waals surface area (Å²) < 4.78 is 5.26. The lowest BCUT2D eigenvalue weighted by atomic mass is 10.2. The molecule has 1 amide bonds. The summed E-state index contributed by atoms with van der Waals surface area (Å²) >= 11 is 11.6. The number of carbonyl (C=O) groups is 2. The Morgan fingerprint density at radius 2 is 1.90 bits per heavy atom. The van der Waals surface area contributed by atoms with Gasteiger partial charge < -0.3 is 15.2 Å². The fourth-order valence-electron chi connectivity index (χ4n) is 1.49. The van der Waals surface area contributed by atoms with Crippen LogP contribution < -0.4 is 10.1 Å².